The summed E-state index contributed by atoms with van der Waals surface area (Å²) in [5.41, 5.74) is 13.9. The van der Waals surface area contributed by atoms with Crippen molar-refractivity contribution in [3.8, 4) is 16.8 Å². The van der Waals surface area contributed by atoms with E-state index in [1.165, 1.54) is 59.5 Å². The fourth-order valence-corrected chi connectivity index (χ4v) is 9.02. The van der Waals surface area contributed by atoms with Crippen LogP contribution in [0.15, 0.2) is 189 Å². The molecule has 6 aromatic carbocycles. The number of rotatable bonds is 9. The molecule has 0 amide bonds. The van der Waals surface area contributed by atoms with E-state index in [-0.39, 0.29) is 5.41 Å². The van der Waals surface area contributed by atoms with Crippen molar-refractivity contribution < 1.29 is 0 Å². The summed E-state index contributed by atoms with van der Waals surface area (Å²) in [5.74, 6) is 1.13. The van der Waals surface area contributed by atoms with E-state index in [0.29, 0.717) is 18.2 Å². The molecule has 0 bridgehead atoms. The predicted octanol–water partition coefficient (Wildman–Crippen LogP) is 13.6. The van der Waals surface area contributed by atoms with Gasteiger partial charge < -0.3 is 4.57 Å². The third-order valence-corrected chi connectivity index (χ3v) is 12.3. The normalized spacial score (nSPS) is 13.6. The number of hydrogen-bond donors (Lipinski definition) is 0. The van der Waals surface area contributed by atoms with Crippen LogP contribution >= 0.6 is 11.8 Å². The molecule has 0 radical (unpaired) electrons. The molecule has 1 aliphatic carbocycles. The minimum Gasteiger partial charge on any atom is -0.309 e. The highest BCUT2D eigenvalue weighted by Crippen LogP contribution is 2.54. The molecule has 1 aromatic heterocycles. The largest absolute Gasteiger partial charge is 0.309 e. The second kappa shape index (κ2) is 15.7. The smallest absolute Gasteiger partial charge is 0.161 e. The van der Waals surface area contributed by atoms with Gasteiger partial charge in [-0.3, -0.25) is 4.99 Å². The Labute approximate surface area is 340 Å². The summed E-state index contributed by atoms with van der Waals surface area (Å²) in [4.78, 5) is 17.1. The van der Waals surface area contributed by atoms with Gasteiger partial charge in [0.2, 0.25) is 0 Å². The molecule has 1 heterocycles. The van der Waals surface area contributed by atoms with Crippen LogP contribution in [0.4, 0.5) is 0 Å². The molecule has 0 atom stereocenters. The van der Waals surface area contributed by atoms with Crippen molar-refractivity contribution in [3.63, 3.8) is 0 Å². The topological polar surface area (TPSA) is 42.0 Å². The molecule has 57 heavy (non-hydrogen) atoms. The quantitative estimate of drug-likeness (QED) is 0.0625. The molecule has 0 saturated heterocycles. The summed E-state index contributed by atoms with van der Waals surface area (Å²) in [6, 6.07) is 47.1. The van der Waals surface area contributed by atoms with Gasteiger partial charge in [-0.1, -0.05) is 153 Å². The summed E-state index contributed by atoms with van der Waals surface area (Å²) in [6.07, 6.45) is 6.02. The number of aryl methyl sites for hydroxylation is 1. The van der Waals surface area contributed by atoms with Crippen molar-refractivity contribution >= 4 is 52.0 Å². The maximum absolute atomic E-state index is 5.08. The lowest BCUT2D eigenvalue weighted by Gasteiger charge is -2.24. The molecule has 0 unspecified atom stereocenters. The standard InChI is InChI=1S/C52H46N4S/c1-8-9-27-46(34(2)3)57-47-32-44-43(30-35(47)4)41-28-29-42-40-25-16-17-26-45(40)56(49(42)48(41)52(44,5)6)39-24-18-23-38(31-39)50(53-7)55-51(37-21-14-11-15-22-37)54-33-36-19-12-10-13-20-36/h8-32H,1,7,33H2,2-6H3/b27-9-,54-51?,55-50?. The monoisotopic (exact) mass is 758 g/mol. The highest BCUT2D eigenvalue weighted by Gasteiger charge is 2.39. The highest BCUT2D eigenvalue weighted by molar-refractivity contribution is 8.03. The maximum Gasteiger partial charge on any atom is 0.161 e. The van der Waals surface area contributed by atoms with Crippen molar-refractivity contribution in [3.05, 3.63) is 202 Å². The third-order valence-electron chi connectivity index (χ3n) is 10.8. The Morgan fingerprint density at radius 2 is 1.47 bits per heavy atom. The maximum atomic E-state index is 5.08. The SMILES string of the molecule is C=C/C=C\C(Sc1cc2c(cc1C)-c1ccc3c4ccccc4n(-c4cccc(C(N=C)=NC(=NCc5ccccc5)c5ccccc5)c4)c3c1C2(C)C)=C(C)C. The lowest BCUT2D eigenvalue weighted by molar-refractivity contribution is 0.662. The van der Waals surface area contributed by atoms with Crippen molar-refractivity contribution in [2.45, 2.75) is 51.5 Å². The van der Waals surface area contributed by atoms with Gasteiger partial charge in [0.15, 0.2) is 11.7 Å². The summed E-state index contributed by atoms with van der Waals surface area (Å²) in [6.45, 7) is 19.7. The number of allylic oxidation sites excluding steroid dienone is 4. The Hall–Kier alpha value is -6.30. The predicted molar refractivity (Wildman–Crippen MR) is 246 cm³/mol. The van der Waals surface area contributed by atoms with Gasteiger partial charge in [-0.05, 0) is 97.3 Å². The van der Waals surface area contributed by atoms with Crippen LogP contribution in [0.3, 0.4) is 0 Å². The molecule has 280 valence electrons. The van der Waals surface area contributed by atoms with Crippen LogP contribution in [0.2, 0.25) is 0 Å². The van der Waals surface area contributed by atoms with Crippen molar-refractivity contribution in [1.82, 2.24) is 4.57 Å². The molecule has 0 spiro atoms. The molecule has 5 heteroatoms. The van der Waals surface area contributed by atoms with Crippen LogP contribution in [0.25, 0.3) is 38.6 Å². The average molecular weight is 759 g/mol. The zero-order valence-electron chi connectivity index (χ0n) is 33.3. The van der Waals surface area contributed by atoms with E-state index in [4.69, 9.17) is 9.98 Å². The van der Waals surface area contributed by atoms with Crippen LogP contribution in [-0.4, -0.2) is 23.0 Å². The number of benzene rings is 6. The Kier molecular flexibility index (Phi) is 10.3. The second-order valence-corrected chi connectivity index (χ2v) is 16.3. The Morgan fingerprint density at radius 3 is 2.21 bits per heavy atom. The fourth-order valence-electron chi connectivity index (χ4n) is 8.04. The van der Waals surface area contributed by atoms with Gasteiger partial charge in [-0.25, -0.2) is 9.98 Å². The molecule has 0 saturated carbocycles. The number of para-hydroxylation sites is 1. The van der Waals surface area contributed by atoms with Gasteiger partial charge >= 0.3 is 0 Å². The van der Waals surface area contributed by atoms with Crippen LogP contribution in [-0.2, 0) is 12.0 Å². The van der Waals surface area contributed by atoms with E-state index in [2.05, 4.69) is 148 Å². The second-order valence-electron chi connectivity index (χ2n) is 15.2. The van der Waals surface area contributed by atoms with Gasteiger partial charge in [-0.15, -0.1) is 0 Å². The van der Waals surface area contributed by atoms with Crippen molar-refractivity contribution in [2.75, 3.05) is 0 Å². The Morgan fingerprint density at radius 1 is 0.754 bits per heavy atom. The summed E-state index contributed by atoms with van der Waals surface area (Å²) in [5, 5.41) is 2.45. The van der Waals surface area contributed by atoms with Crippen molar-refractivity contribution in [2.24, 2.45) is 15.0 Å². The number of thioether (sulfide) groups is 1. The van der Waals surface area contributed by atoms with Crippen LogP contribution in [0.1, 0.15) is 61.1 Å². The zero-order chi connectivity index (χ0) is 39.7. The fraction of sp³-hybridized carbons (Fsp3) is 0.135. The first-order valence-electron chi connectivity index (χ1n) is 19.4. The minimum atomic E-state index is -0.270. The Bertz CT molecular complexity index is 2810. The first-order chi connectivity index (χ1) is 27.7. The molecule has 0 fully saturated rings. The van der Waals surface area contributed by atoms with E-state index in [1.54, 1.807) is 0 Å². The van der Waals surface area contributed by atoms with Crippen LogP contribution in [0.5, 0.6) is 0 Å². The summed E-state index contributed by atoms with van der Waals surface area (Å²) < 4.78 is 2.44. The first-order valence-corrected chi connectivity index (χ1v) is 20.2. The van der Waals surface area contributed by atoms with Gasteiger partial charge in [0.05, 0.1) is 17.6 Å². The van der Waals surface area contributed by atoms with E-state index < -0.39 is 0 Å². The zero-order valence-corrected chi connectivity index (χ0v) is 34.1. The first kappa shape index (κ1) is 37.6. The highest BCUT2D eigenvalue weighted by atomic mass is 32.2. The van der Waals surface area contributed by atoms with Gasteiger partial charge in [0.1, 0.15) is 0 Å². The van der Waals surface area contributed by atoms with E-state index in [1.807, 2.05) is 72.4 Å². The van der Waals surface area contributed by atoms with E-state index >= 15 is 0 Å². The molecule has 8 rings (SSSR count). The number of hydrogen-bond acceptors (Lipinski definition) is 2. The third kappa shape index (κ3) is 7.04. The lowest BCUT2D eigenvalue weighted by Crippen LogP contribution is -2.17. The number of fused-ring (bicyclic) bond motifs is 7. The molecule has 4 nitrogen and oxygen atoms in total. The van der Waals surface area contributed by atoms with E-state index in [0.717, 1.165) is 27.9 Å². The minimum absolute atomic E-state index is 0.270. The number of aliphatic imine (C=N–C) groups is 3. The summed E-state index contributed by atoms with van der Waals surface area (Å²) in [7, 11) is 0. The summed E-state index contributed by atoms with van der Waals surface area (Å²) >= 11 is 1.83. The molecular weight excluding hydrogens is 713 g/mol. The van der Waals surface area contributed by atoms with E-state index in [9.17, 15) is 0 Å². The average Bonchev–Trinajstić information content (AvgIpc) is 3.68. The number of nitrogens with zero attached hydrogens (tertiary/aromatic N) is 4. The number of amidine groups is 2. The van der Waals surface area contributed by atoms with Crippen LogP contribution in [0, 0.1) is 6.92 Å². The molecule has 1 aliphatic rings. The van der Waals surface area contributed by atoms with Crippen LogP contribution < -0.4 is 0 Å². The number of aromatic nitrogens is 1. The molecule has 7 aromatic rings. The van der Waals surface area contributed by atoms with Gasteiger partial charge in [0.25, 0.3) is 0 Å². The molecular formula is C52H46N4S. The van der Waals surface area contributed by atoms with Gasteiger partial charge in [-0.2, -0.15) is 0 Å². The van der Waals surface area contributed by atoms with Crippen molar-refractivity contribution in [1.29, 1.82) is 0 Å². The van der Waals surface area contributed by atoms with Gasteiger partial charge in [0, 0.05) is 42.8 Å². The Balaban J connectivity index is 1.28. The molecule has 0 N–H and O–H groups in total. The molecule has 0 aliphatic heterocycles. The lowest BCUT2D eigenvalue weighted by atomic mass is 9.81.